The molecule has 0 saturated heterocycles. The van der Waals surface area contributed by atoms with E-state index in [0.717, 1.165) is 22.4 Å². The number of aromatic amines is 1. The summed E-state index contributed by atoms with van der Waals surface area (Å²) in [4.78, 5) is 20.5. The molecule has 1 heterocycles. The van der Waals surface area contributed by atoms with Crippen molar-refractivity contribution >= 4 is 22.6 Å². The van der Waals surface area contributed by atoms with Crippen LogP contribution < -0.4 is 14.8 Å². The van der Waals surface area contributed by atoms with E-state index in [2.05, 4.69) is 15.3 Å². The number of nitrogens with one attached hydrogen (secondary N) is 2. The van der Waals surface area contributed by atoms with Gasteiger partial charge in [-0.25, -0.2) is 4.98 Å². The van der Waals surface area contributed by atoms with E-state index in [1.165, 1.54) is 0 Å². The first-order valence-electron chi connectivity index (χ1n) is 8.76. The number of hydrogen-bond acceptors (Lipinski definition) is 4. The minimum Gasteiger partial charge on any atom is -0.497 e. The zero-order valence-electron chi connectivity index (χ0n) is 15.5. The van der Waals surface area contributed by atoms with Crippen molar-refractivity contribution in [3.63, 3.8) is 0 Å². The van der Waals surface area contributed by atoms with Gasteiger partial charge in [0.05, 0.1) is 30.9 Å². The van der Waals surface area contributed by atoms with Crippen LogP contribution in [0.25, 0.3) is 22.4 Å². The smallest absolute Gasteiger partial charge is 0.255 e. The Labute approximate surface area is 162 Å². The number of H-pyrrole nitrogens is 1. The highest BCUT2D eigenvalue weighted by molar-refractivity contribution is 6.05. The number of hydrogen-bond donors (Lipinski definition) is 2. The monoisotopic (exact) mass is 373 g/mol. The fourth-order valence-electron chi connectivity index (χ4n) is 2.98. The lowest BCUT2D eigenvalue weighted by Gasteiger charge is -2.12. The van der Waals surface area contributed by atoms with Crippen LogP contribution in [-0.2, 0) is 0 Å². The van der Waals surface area contributed by atoms with Crippen LogP contribution in [0.3, 0.4) is 0 Å². The van der Waals surface area contributed by atoms with E-state index in [-0.39, 0.29) is 5.91 Å². The molecule has 1 aromatic heterocycles. The third kappa shape index (κ3) is 3.40. The highest BCUT2D eigenvalue weighted by atomic mass is 16.5. The lowest BCUT2D eigenvalue weighted by molar-refractivity contribution is 0.102. The van der Waals surface area contributed by atoms with Crippen LogP contribution in [0.4, 0.5) is 5.69 Å². The largest absolute Gasteiger partial charge is 0.497 e. The summed E-state index contributed by atoms with van der Waals surface area (Å²) in [5.41, 5.74) is 3.79. The van der Waals surface area contributed by atoms with Gasteiger partial charge in [-0.05, 0) is 54.6 Å². The van der Waals surface area contributed by atoms with Gasteiger partial charge in [0.25, 0.3) is 5.91 Å². The van der Waals surface area contributed by atoms with Gasteiger partial charge in [0.15, 0.2) is 0 Å². The number of amides is 1. The van der Waals surface area contributed by atoms with Crippen molar-refractivity contribution in [2.24, 2.45) is 0 Å². The summed E-state index contributed by atoms with van der Waals surface area (Å²) in [5, 5.41) is 2.91. The summed E-state index contributed by atoms with van der Waals surface area (Å²) < 4.78 is 10.5. The Morgan fingerprint density at radius 3 is 2.46 bits per heavy atom. The summed E-state index contributed by atoms with van der Waals surface area (Å²) in [6.45, 7) is 0. The summed E-state index contributed by atoms with van der Waals surface area (Å²) in [6, 6.07) is 20.3. The molecule has 0 aliphatic rings. The predicted molar refractivity (Wildman–Crippen MR) is 109 cm³/mol. The molecule has 0 radical (unpaired) electrons. The summed E-state index contributed by atoms with van der Waals surface area (Å²) in [5.74, 6) is 1.76. The number of methoxy groups -OCH3 is 2. The Bertz CT molecular complexity index is 1100. The summed E-state index contributed by atoms with van der Waals surface area (Å²) >= 11 is 0. The lowest BCUT2D eigenvalue weighted by atomic mass is 10.1. The average Bonchev–Trinajstić information content (AvgIpc) is 3.18. The average molecular weight is 373 g/mol. The van der Waals surface area contributed by atoms with Crippen molar-refractivity contribution in [1.82, 2.24) is 9.97 Å². The van der Waals surface area contributed by atoms with Gasteiger partial charge in [0.2, 0.25) is 0 Å². The van der Waals surface area contributed by atoms with Crippen LogP contribution in [0.2, 0.25) is 0 Å². The molecule has 0 bridgehead atoms. The third-order valence-electron chi connectivity index (χ3n) is 4.46. The SMILES string of the molecule is COc1ccc(C(=O)Nc2cc(-c3nc4ccccc4[nH]3)ccc2OC)cc1. The zero-order valence-corrected chi connectivity index (χ0v) is 15.5. The molecule has 0 aliphatic heterocycles. The Morgan fingerprint density at radius 1 is 0.964 bits per heavy atom. The van der Waals surface area contributed by atoms with Crippen molar-refractivity contribution in [2.75, 3.05) is 19.5 Å². The van der Waals surface area contributed by atoms with E-state index in [4.69, 9.17) is 9.47 Å². The first kappa shape index (κ1) is 17.6. The van der Waals surface area contributed by atoms with E-state index in [1.807, 2.05) is 42.5 Å². The summed E-state index contributed by atoms with van der Waals surface area (Å²) in [6.07, 6.45) is 0. The predicted octanol–water partition coefficient (Wildman–Crippen LogP) is 4.50. The Morgan fingerprint density at radius 2 is 1.75 bits per heavy atom. The number of anilines is 1. The molecule has 0 fully saturated rings. The normalized spacial score (nSPS) is 10.6. The fraction of sp³-hybridized carbons (Fsp3) is 0.0909. The zero-order chi connectivity index (χ0) is 19.5. The molecule has 0 atom stereocenters. The number of fused-ring (bicyclic) bond motifs is 1. The first-order valence-corrected chi connectivity index (χ1v) is 8.76. The molecule has 6 heteroatoms. The number of nitrogens with zero attached hydrogens (tertiary/aromatic N) is 1. The highest BCUT2D eigenvalue weighted by Crippen LogP contribution is 2.31. The molecule has 0 spiro atoms. The Kier molecular flexibility index (Phi) is 4.68. The molecule has 3 aromatic carbocycles. The van der Waals surface area contributed by atoms with Crippen LogP contribution in [0, 0.1) is 0 Å². The molecule has 0 saturated carbocycles. The molecule has 4 aromatic rings. The molecular weight excluding hydrogens is 354 g/mol. The number of ether oxygens (including phenoxy) is 2. The first-order chi connectivity index (χ1) is 13.7. The van der Waals surface area contributed by atoms with Crippen molar-refractivity contribution in [3.05, 3.63) is 72.3 Å². The van der Waals surface area contributed by atoms with Crippen LogP contribution in [0.5, 0.6) is 11.5 Å². The molecule has 2 N–H and O–H groups in total. The minimum atomic E-state index is -0.234. The standard InChI is InChI=1S/C22H19N3O3/c1-27-16-10-7-14(8-11-16)22(26)25-19-13-15(9-12-20(19)28-2)21-23-17-5-3-4-6-18(17)24-21/h3-13H,1-2H3,(H,23,24)(H,25,26). The van der Waals surface area contributed by atoms with Gasteiger partial charge in [0.1, 0.15) is 17.3 Å². The van der Waals surface area contributed by atoms with Gasteiger partial charge in [-0.15, -0.1) is 0 Å². The van der Waals surface area contributed by atoms with Crippen LogP contribution in [0.1, 0.15) is 10.4 Å². The van der Waals surface area contributed by atoms with Gasteiger partial charge < -0.3 is 19.8 Å². The second kappa shape index (κ2) is 7.44. The van der Waals surface area contributed by atoms with Crippen LogP contribution >= 0.6 is 0 Å². The van der Waals surface area contributed by atoms with Gasteiger partial charge >= 0.3 is 0 Å². The maximum absolute atomic E-state index is 12.6. The molecule has 28 heavy (non-hydrogen) atoms. The highest BCUT2D eigenvalue weighted by Gasteiger charge is 2.13. The van der Waals surface area contributed by atoms with Crippen molar-refractivity contribution in [1.29, 1.82) is 0 Å². The molecule has 6 nitrogen and oxygen atoms in total. The fourth-order valence-corrected chi connectivity index (χ4v) is 2.98. The lowest BCUT2D eigenvalue weighted by Crippen LogP contribution is -2.12. The second-order valence-corrected chi connectivity index (χ2v) is 6.20. The Hall–Kier alpha value is -3.80. The third-order valence-corrected chi connectivity index (χ3v) is 4.46. The van der Waals surface area contributed by atoms with Crippen molar-refractivity contribution in [2.45, 2.75) is 0 Å². The van der Waals surface area contributed by atoms with Gasteiger partial charge in [0, 0.05) is 11.1 Å². The number of rotatable bonds is 5. The maximum Gasteiger partial charge on any atom is 0.255 e. The van der Waals surface area contributed by atoms with E-state index < -0.39 is 0 Å². The van der Waals surface area contributed by atoms with Gasteiger partial charge in [-0.3, -0.25) is 4.79 Å². The second-order valence-electron chi connectivity index (χ2n) is 6.20. The quantitative estimate of drug-likeness (QED) is 0.540. The van der Waals surface area contributed by atoms with Crippen molar-refractivity contribution < 1.29 is 14.3 Å². The topological polar surface area (TPSA) is 76.2 Å². The van der Waals surface area contributed by atoms with Gasteiger partial charge in [-0.1, -0.05) is 12.1 Å². The molecule has 4 rings (SSSR count). The Balaban J connectivity index is 1.65. The summed E-state index contributed by atoms with van der Waals surface area (Å²) in [7, 11) is 3.16. The number of aromatic nitrogens is 2. The molecule has 0 aliphatic carbocycles. The maximum atomic E-state index is 12.6. The number of carbonyl (C=O) groups is 1. The van der Waals surface area contributed by atoms with Crippen LogP contribution in [-0.4, -0.2) is 30.1 Å². The van der Waals surface area contributed by atoms with E-state index >= 15 is 0 Å². The van der Waals surface area contributed by atoms with Gasteiger partial charge in [-0.2, -0.15) is 0 Å². The number of carbonyl (C=O) groups excluding carboxylic acids is 1. The number of para-hydroxylation sites is 2. The van der Waals surface area contributed by atoms with E-state index in [1.54, 1.807) is 38.5 Å². The van der Waals surface area contributed by atoms with E-state index in [9.17, 15) is 4.79 Å². The van der Waals surface area contributed by atoms with Crippen LogP contribution in [0.15, 0.2) is 66.7 Å². The number of benzene rings is 3. The van der Waals surface area contributed by atoms with E-state index in [0.29, 0.717) is 22.7 Å². The minimum absolute atomic E-state index is 0.234. The molecule has 1 amide bonds. The molecule has 140 valence electrons. The molecule has 0 unspecified atom stereocenters. The van der Waals surface area contributed by atoms with Crippen molar-refractivity contribution in [3.8, 4) is 22.9 Å². The molecular formula is C22H19N3O3. The number of imidazole rings is 1.